The van der Waals surface area contributed by atoms with Gasteiger partial charge in [0.05, 0.1) is 11.8 Å². The lowest BCUT2D eigenvalue weighted by Crippen LogP contribution is -2.38. The minimum atomic E-state index is -0.923. The highest BCUT2D eigenvalue weighted by molar-refractivity contribution is 6.00. The maximum absolute atomic E-state index is 14.3. The van der Waals surface area contributed by atoms with Crippen molar-refractivity contribution in [1.82, 2.24) is 25.0 Å². The van der Waals surface area contributed by atoms with E-state index in [4.69, 9.17) is 5.73 Å². The zero-order valence-electron chi connectivity index (χ0n) is 20.9. The van der Waals surface area contributed by atoms with Gasteiger partial charge in [-0.25, -0.2) is 13.8 Å². The van der Waals surface area contributed by atoms with Crippen molar-refractivity contribution in [2.75, 3.05) is 18.8 Å². The third-order valence-electron chi connectivity index (χ3n) is 6.73. The number of nitrogens with one attached hydrogen (secondary N) is 1. The number of nitrogens with zero attached hydrogens (tertiary/aromatic N) is 4. The second kappa shape index (κ2) is 10.0. The molecule has 0 bridgehead atoms. The lowest BCUT2D eigenvalue weighted by molar-refractivity contribution is 0.0783. The molecule has 2 aromatic carbocycles. The first kappa shape index (κ1) is 25.1. The summed E-state index contributed by atoms with van der Waals surface area (Å²) in [6.45, 7) is 2.55. The fraction of sp³-hybridized carbons (Fsp3) is 0.214. The van der Waals surface area contributed by atoms with Crippen molar-refractivity contribution in [1.29, 1.82) is 0 Å². The Labute approximate surface area is 218 Å². The van der Waals surface area contributed by atoms with Crippen LogP contribution in [0.5, 0.6) is 0 Å². The topological polar surface area (TPSA) is 106 Å². The molecule has 1 aliphatic rings. The van der Waals surface area contributed by atoms with E-state index in [-0.39, 0.29) is 34.8 Å². The number of rotatable bonds is 5. The standard InChI is InChI=1S/C28H26F2N6O2/c1-16-10-17(6-7-21(16)22-4-3-5-24(29)25(22)30)28(38)36-9-8-20(15-36)34-27(37)23-11-18(12-32-26(23)31)19-13-33-35(2)14-19/h3-7,10-14,20H,8-9,15H2,1-2H3,(H2,31,32)(H,34,37)/t20-/m1/s1. The van der Waals surface area contributed by atoms with Gasteiger partial charge in [-0.2, -0.15) is 5.10 Å². The predicted octanol–water partition coefficient (Wildman–Crippen LogP) is 3.96. The van der Waals surface area contributed by atoms with Gasteiger partial charge in [0, 0.05) is 60.8 Å². The SMILES string of the molecule is Cc1cc(C(=O)N2CC[C@@H](NC(=O)c3cc(-c4cnn(C)c4)cnc3N)C2)ccc1-c1cccc(F)c1F. The number of nitrogen functional groups attached to an aromatic ring is 1. The Kier molecular flexibility index (Phi) is 6.62. The molecule has 1 fully saturated rings. The molecule has 38 heavy (non-hydrogen) atoms. The van der Waals surface area contributed by atoms with Crippen molar-refractivity contribution >= 4 is 17.6 Å². The zero-order chi connectivity index (χ0) is 27.0. The molecule has 1 aliphatic heterocycles. The molecule has 3 heterocycles. The molecule has 194 valence electrons. The molecule has 4 aromatic rings. The smallest absolute Gasteiger partial charge is 0.255 e. The molecule has 10 heteroatoms. The summed E-state index contributed by atoms with van der Waals surface area (Å²) >= 11 is 0. The minimum Gasteiger partial charge on any atom is -0.383 e. The molecule has 0 spiro atoms. The van der Waals surface area contributed by atoms with Gasteiger partial charge in [-0.1, -0.05) is 18.2 Å². The molecule has 8 nitrogen and oxygen atoms in total. The van der Waals surface area contributed by atoms with Crippen molar-refractivity contribution in [2.24, 2.45) is 7.05 Å². The Balaban J connectivity index is 1.26. The number of amides is 2. The highest BCUT2D eigenvalue weighted by atomic mass is 19.2. The van der Waals surface area contributed by atoms with Gasteiger partial charge in [0.2, 0.25) is 0 Å². The molecule has 3 N–H and O–H groups in total. The van der Waals surface area contributed by atoms with E-state index >= 15 is 0 Å². The van der Waals surface area contributed by atoms with Crippen LogP contribution in [-0.4, -0.2) is 50.6 Å². The molecular weight excluding hydrogens is 490 g/mol. The number of likely N-dealkylation sites (tertiary alicyclic amines) is 1. The monoisotopic (exact) mass is 516 g/mol. The van der Waals surface area contributed by atoms with Crippen molar-refractivity contribution < 1.29 is 18.4 Å². The van der Waals surface area contributed by atoms with Crippen LogP contribution in [-0.2, 0) is 7.05 Å². The van der Waals surface area contributed by atoms with E-state index in [1.807, 2.05) is 6.20 Å². The summed E-state index contributed by atoms with van der Waals surface area (Å²) < 4.78 is 29.6. The van der Waals surface area contributed by atoms with Gasteiger partial charge in [-0.3, -0.25) is 14.3 Å². The Morgan fingerprint density at radius 1 is 1.08 bits per heavy atom. The normalized spacial score (nSPS) is 15.1. The Morgan fingerprint density at radius 3 is 2.63 bits per heavy atom. The first-order chi connectivity index (χ1) is 18.2. The molecule has 2 amide bonds. The fourth-order valence-corrected chi connectivity index (χ4v) is 4.70. The van der Waals surface area contributed by atoms with E-state index < -0.39 is 11.6 Å². The van der Waals surface area contributed by atoms with E-state index in [0.29, 0.717) is 36.2 Å². The van der Waals surface area contributed by atoms with Gasteiger partial charge in [-0.05, 0) is 48.7 Å². The zero-order valence-corrected chi connectivity index (χ0v) is 20.9. The highest BCUT2D eigenvalue weighted by Gasteiger charge is 2.29. The van der Waals surface area contributed by atoms with Crippen LogP contribution in [0.2, 0.25) is 0 Å². The van der Waals surface area contributed by atoms with Crippen LogP contribution in [0.4, 0.5) is 14.6 Å². The molecule has 0 radical (unpaired) electrons. The maximum Gasteiger partial charge on any atom is 0.255 e. The fourth-order valence-electron chi connectivity index (χ4n) is 4.70. The minimum absolute atomic E-state index is 0.117. The Hall–Kier alpha value is -4.60. The number of carbonyl (C=O) groups is 2. The molecule has 1 atom stereocenters. The average molecular weight is 517 g/mol. The summed E-state index contributed by atoms with van der Waals surface area (Å²) in [6, 6.07) is 10.3. The number of nitrogens with two attached hydrogens (primary N) is 1. The van der Waals surface area contributed by atoms with Gasteiger partial charge in [0.25, 0.3) is 11.8 Å². The summed E-state index contributed by atoms with van der Waals surface area (Å²) in [5.74, 6) is -2.29. The third-order valence-corrected chi connectivity index (χ3v) is 6.73. The number of aromatic nitrogens is 3. The van der Waals surface area contributed by atoms with Gasteiger partial charge < -0.3 is 16.0 Å². The summed E-state index contributed by atoms with van der Waals surface area (Å²) in [6.07, 6.45) is 5.67. The van der Waals surface area contributed by atoms with Gasteiger partial charge in [0.15, 0.2) is 11.6 Å². The number of anilines is 1. The van der Waals surface area contributed by atoms with Crippen molar-refractivity contribution in [3.8, 4) is 22.3 Å². The summed E-state index contributed by atoms with van der Waals surface area (Å²) in [7, 11) is 1.80. The number of benzene rings is 2. The van der Waals surface area contributed by atoms with Crippen molar-refractivity contribution in [2.45, 2.75) is 19.4 Å². The predicted molar refractivity (Wildman–Crippen MR) is 139 cm³/mol. The van der Waals surface area contributed by atoms with Gasteiger partial charge in [-0.15, -0.1) is 0 Å². The van der Waals surface area contributed by atoms with Gasteiger partial charge >= 0.3 is 0 Å². The lowest BCUT2D eigenvalue weighted by Gasteiger charge is -2.18. The van der Waals surface area contributed by atoms with Crippen LogP contribution in [0.1, 0.15) is 32.7 Å². The Morgan fingerprint density at radius 2 is 1.89 bits per heavy atom. The van der Waals surface area contributed by atoms with Crippen LogP contribution in [0.15, 0.2) is 61.1 Å². The first-order valence-corrected chi connectivity index (χ1v) is 12.1. The molecule has 1 saturated heterocycles. The van der Waals surface area contributed by atoms with Crippen LogP contribution in [0.25, 0.3) is 22.3 Å². The quantitative estimate of drug-likeness (QED) is 0.418. The van der Waals surface area contributed by atoms with Crippen molar-refractivity contribution in [3.05, 3.63) is 89.4 Å². The second-order valence-electron chi connectivity index (χ2n) is 9.40. The first-order valence-electron chi connectivity index (χ1n) is 12.1. The van der Waals surface area contributed by atoms with Crippen molar-refractivity contribution in [3.63, 3.8) is 0 Å². The maximum atomic E-state index is 14.3. The van der Waals surface area contributed by atoms with E-state index in [2.05, 4.69) is 15.4 Å². The van der Waals surface area contributed by atoms with Crippen LogP contribution in [0, 0.1) is 18.6 Å². The van der Waals surface area contributed by atoms with E-state index in [9.17, 15) is 18.4 Å². The number of pyridine rings is 1. The molecule has 0 aliphatic carbocycles. The highest BCUT2D eigenvalue weighted by Crippen LogP contribution is 2.29. The molecular formula is C28H26F2N6O2. The molecule has 2 aromatic heterocycles. The van der Waals surface area contributed by atoms with Gasteiger partial charge in [0.1, 0.15) is 5.82 Å². The van der Waals surface area contributed by atoms with Crippen LogP contribution < -0.4 is 11.1 Å². The summed E-state index contributed by atoms with van der Waals surface area (Å²) in [5, 5.41) is 7.10. The number of carbonyl (C=O) groups excluding carboxylic acids is 2. The molecule has 5 rings (SSSR count). The summed E-state index contributed by atoms with van der Waals surface area (Å²) in [5.41, 5.74) is 9.53. The average Bonchev–Trinajstić information content (AvgIpc) is 3.55. The second-order valence-corrected chi connectivity index (χ2v) is 9.40. The number of aryl methyl sites for hydroxylation is 2. The van der Waals surface area contributed by atoms with E-state index in [0.717, 1.165) is 17.2 Å². The largest absolute Gasteiger partial charge is 0.383 e. The van der Waals surface area contributed by atoms with Crippen LogP contribution in [0.3, 0.4) is 0 Å². The Bertz CT molecular complexity index is 1550. The molecule has 0 unspecified atom stereocenters. The molecule has 0 saturated carbocycles. The number of hydrogen-bond acceptors (Lipinski definition) is 5. The third kappa shape index (κ3) is 4.84. The number of hydrogen-bond donors (Lipinski definition) is 2. The van der Waals surface area contributed by atoms with E-state index in [1.54, 1.807) is 60.2 Å². The van der Waals surface area contributed by atoms with E-state index in [1.165, 1.54) is 12.1 Å². The summed E-state index contributed by atoms with van der Waals surface area (Å²) in [4.78, 5) is 32.0. The lowest BCUT2D eigenvalue weighted by atomic mass is 9.97. The van der Waals surface area contributed by atoms with Crippen LogP contribution >= 0.6 is 0 Å². The number of halogens is 2.